The van der Waals surface area contributed by atoms with Gasteiger partial charge >= 0.3 is 5.97 Å². The predicted octanol–water partition coefficient (Wildman–Crippen LogP) is 0.500. The zero-order valence-electron chi connectivity index (χ0n) is 8.64. The summed E-state index contributed by atoms with van der Waals surface area (Å²) in [7, 11) is 2.18. The van der Waals surface area contributed by atoms with Gasteiger partial charge in [0, 0.05) is 16.2 Å². The summed E-state index contributed by atoms with van der Waals surface area (Å²) in [6, 6.07) is 3.11. The van der Waals surface area contributed by atoms with E-state index in [9.17, 15) is 18.0 Å². The molecular weight excluding hydrogens is 270 g/mol. The molecule has 0 aliphatic carbocycles. The molecule has 0 fully saturated rings. The molecule has 0 radical (unpaired) electrons. The monoisotopic (exact) mass is 277 g/mol. The van der Waals surface area contributed by atoms with E-state index >= 15 is 0 Å². The highest BCUT2D eigenvalue weighted by molar-refractivity contribution is 8.13. The molecule has 92 valence electrons. The number of nitrogens with two attached hydrogens (primary N) is 1. The van der Waals surface area contributed by atoms with E-state index in [1.807, 2.05) is 0 Å². The van der Waals surface area contributed by atoms with Crippen LogP contribution in [0, 0.1) is 0 Å². The van der Waals surface area contributed by atoms with Gasteiger partial charge in [-0.05, 0) is 18.2 Å². The van der Waals surface area contributed by atoms with Crippen molar-refractivity contribution in [3.8, 4) is 0 Å². The maximum atomic E-state index is 11.3. The molecule has 1 rings (SSSR count). The van der Waals surface area contributed by atoms with Crippen molar-refractivity contribution in [3.05, 3.63) is 29.3 Å². The Morgan fingerprint density at radius 3 is 2.18 bits per heavy atom. The van der Waals surface area contributed by atoms with Crippen LogP contribution in [0.5, 0.6) is 0 Å². The Bertz CT molecular complexity index is 581. The first-order valence-electron chi connectivity index (χ1n) is 4.23. The lowest BCUT2D eigenvalue weighted by Crippen LogP contribution is -2.13. The van der Waals surface area contributed by atoms with Gasteiger partial charge in [-0.15, -0.1) is 0 Å². The summed E-state index contributed by atoms with van der Waals surface area (Å²) in [6.45, 7) is 0. The van der Waals surface area contributed by atoms with Crippen molar-refractivity contribution in [1.29, 1.82) is 0 Å². The molecule has 1 aromatic carbocycles. The second kappa shape index (κ2) is 4.72. The van der Waals surface area contributed by atoms with Crippen LogP contribution in [0.1, 0.15) is 20.7 Å². The molecule has 0 unspecified atom stereocenters. The van der Waals surface area contributed by atoms with E-state index in [0.29, 0.717) is 0 Å². The fourth-order valence-corrected chi connectivity index (χ4v) is 1.92. The van der Waals surface area contributed by atoms with Crippen LogP contribution < -0.4 is 5.73 Å². The number of carbonyl (C=O) groups is 2. The molecule has 8 heteroatoms. The van der Waals surface area contributed by atoms with Crippen LogP contribution in [0.25, 0.3) is 0 Å². The second-order valence-corrected chi connectivity index (χ2v) is 5.61. The molecule has 1 amide bonds. The number of carbonyl (C=O) groups excluding carboxylic acids is 2. The fourth-order valence-electron chi connectivity index (χ4n) is 1.12. The molecule has 0 atom stereocenters. The first-order valence-corrected chi connectivity index (χ1v) is 6.54. The average Bonchev–Trinajstić information content (AvgIpc) is 2.26. The fraction of sp³-hybridized carbons (Fsp3) is 0.111. The van der Waals surface area contributed by atoms with E-state index in [2.05, 4.69) is 4.74 Å². The van der Waals surface area contributed by atoms with E-state index in [-0.39, 0.29) is 11.1 Å². The Morgan fingerprint density at radius 1 is 1.24 bits per heavy atom. The van der Waals surface area contributed by atoms with Gasteiger partial charge in [-0.1, -0.05) is 0 Å². The highest BCUT2D eigenvalue weighted by Gasteiger charge is 2.17. The van der Waals surface area contributed by atoms with Gasteiger partial charge in [-0.25, -0.2) is 13.2 Å². The minimum Gasteiger partial charge on any atom is -0.465 e. The van der Waals surface area contributed by atoms with Crippen molar-refractivity contribution >= 4 is 31.6 Å². The maximum absolute atomic E-state index is 11.3. The summed E-state index contributed by atoms with van der Waals surface area (Å²) in [5.41, 5.74) is 4.74. The predicted molar refractivity (Wildman–Crippen MR) is 59.3 cm³/mol. The van der Waals surface area contributed by atoms with Crippen molar-refractivity contribution in [2.45, 2.75) is 4.90 Å². The van der Waals surface area contributed by atoms with Gasteiger partial charge in [0.1, 0.15) is 0 Å². The summed E-state index contributed by atoms with van der Waals surface area (Å²) in [6.07, 6.45) is 0. The van der Waals surface area contributed by atoms with Crippen LogP contribution in [0.3, 0.4) is 0 Å². The average molecular weight is 278 g/mol. The number of benzene rings is 1. The third kappa shape index (κ3) is 3.18. The maximum Gasteiger partial charge on any atom is 0.337 e. The summed E-state index contributed by atoms with van der Waals surface area (Å²) >= 11 is 0. The van der Waals surface area contributed by atoms with Crippen LogP contribution >= 0.6 is 10.7 Å². The molecule has 0 aliphatic heterocycles. The van der Waals surface area contributed by atoms with Crippen LogP contribution in [0.4, 0.5) is 0 Å². The Labute approximate surface area is 102 Å². The number of primary amides is 1. The number of rotatable bonds is 3. The minimum atomic E-state index is -4.07. The Kier molecular flexibility index (Phi) is 3.74. The lowest BCUT2D eigenvalue weighted by Gasteiger charge is -2.04. The van der Waals surface area contributed by atoms with Crippen molar-refractivity contribution in [3.63, 3.8) is 0 Å². The third-order valence-corrected chi connectivity index (χ3v) is 3.23. The van der Waals surface area contributed by atoms with Crippen LogP contribution in [-0.4, -0.2) is 27.4 Å². The number of methoxy groups -OCH3 is 1. The van der Waals surface area contributed by atoms with Gasteiger partial charge in [-0.3, -0.25) is 4.79 Å². The molecule has 2 N–H and O–H groups in total. The van der Waals surface area contributed by atoms with E-state index < -0.39 is 25.8 Å². The molecule has 0 saturated heterocycles. The van der Waals surface area contributed by atoms with Crippen molar-refractivity contribution in [2.75, 3.05) is 7.11 Å². The first kappa shape index (κ1) is 13.5. The van der Waals surface area contributed by atoms with Crippen LogP contribution in [0.15, 0.2) is 23.1 Å². The van der Waals surface area contributed by atoms with E-state index in [1.54, 1.807) is 0 Å². The molecule has 0 heterocycles. The number of amides is 1. The molecule has 6 nitrogen and oxygen atoms in total. The lowest BCUT2D eigenvalue weighted by atomic mass is 10.1. The van der Waals surface area contributed by atoms with Crippen molar-refractivity contribution in [1.82, 2.24) is 0 Å². The molecule has 0 spiro atoms. The molecule has 1 aromatic rings. The highest BCUT2D eigenvalue weighted by atomic mass is 35.7. The molecule has 0 saturated carbocycles. The van der Waals surface area contributed by atoms with Gasteiger partial charge in [0.25, 0.3) is 9.05 Å². The first-order chi connectivity index (χ1) is 7.75. The summed E-state index contributed by atoms with van der Waals surface area (Å²) in [5, 5.41) is 0. The molecule has 17 heavy (non-hydrogen) atoms. The molecule has 0 bridgehead atoms. The van der Waals surface area contributed by atoms with E-state index in [0.717, 1.165) is 25.3 Å². The van der Waals surface area contributed by atoms with Gasteiger partial charge in [0.05, 0.1) is 17.6 Å². The number of hydrogen-bond acceptors (Lipinski definition) is 5. The summed E-state index contributed by atoms with van der Waals surface area (Å²) in [5.74, 6) is -1.67. The lowest BCUT2D eigenvalue weighted by molar-refractivity contribution is 0.0600. The van der Waals surface area contributed by atoms with Gasteiger partial charge in [-0.2, -0.15) is 0 Å². The third-order valence-electron chi connectivity index (χ3n) is 1.89. The largest absolute Gasteiger partial charge is 0.465 e. The second-order valence-electron chi connectivity index (χ2n) is 3.04. The van der Waals surface area contributed by atoms with Crippen molar-refractivity contribution < 1.29 is 22.7 Å². The molecular formula is C9H8ClNO5S. The normalized spacial score (nSPS) is 10.9. The number of halogens is 1. The zero-order valence-corrected chi connectivity index (χ0v) is 10.2. The Hall–Kier alpha value is -1.60. The Balaban J connectivity index is 3.50. The zero-order chi connectivity index (χ0) is 13.2. The SMILES string of the molecule is COC(=O)c1cc(C(N)=O)cc(S(=O)(=O)Cl)c1. The van der Waals surface area contributed by atoms with E-state index in [1.165, 1.54) is 0 Å². The van der Waals surface area contributed by atoms with Crippen molar-refractivity contribution in [2.24, 2.45) is 5.73 Å². The van der Waals surface area contributed by atoms with Gasteiger partial charge in [0.2, 0.25) is 5.91 Å². The standard InChI is InChI=1S/C9H8ClNO5S/c1-16-9(13)6-2-5(8(11)12)3-7(4-6)17(10,14)15/h2-4H,1H3,(H2,11,12). The molecule has 0 aliphatic rings. The van der Waals surface area contributed by atoms with E-state index in [4.69, 9.17) is 16.4 Å². The smallest absolute Gasteiger partial charge is 0.337 e. The van der Waals surface area contributed by atoms with Gasteiger partial charge < -0.3 is 10.5 Å². The minimum absolute atomic E-state index is 0.122. The summed E-state index contributed by atoms with van der Waals surface area (Å²) in [4.78, 5) is 21.8. The van der Waals surface area contributed by atoms with Crippen LogP contribution in [0.2, 0.25) is 0 Å². The summed E-state index contributed by atoms with van der Waals surface area (Å²) < 4.78 is 26.7. The number of ether oxygens (including phenoxy) is 1. The number of esters is 1. The van der Waals surface area contributed by atoms with Gasteiger partial charge in [0.15, 0.2) is 0 Å². The topological polar surface area (TPSA) is 104 Å². The van der Waals surface area contributed by atoms with Crippen LogP contribution in [-0.2, 0) is 13.8 Å². The number of hydrogen-bond donors (Lipinski definition) is 1. The Morgan fingerprint density at radius 2 is 1.76 bits per heavy atom. The quantitative estimate of drug-likeness (QED) is 0.640. The molecule has 0 aromatic heterocycles. The highest BCUT2D eigenvalue weighted by Crippen LogP contribution is 2.19.